The van der Waals surface area contributed by atoms with E-state index in [9.17, 15) is 0 Å². The highest BCUT2D eigenvalue weighted by Crippen LogP contribution is 2.51. The molecule has 48 heavy (non-hydrogen) atoms. The third kappa shape index (κ3) is 3.86. The van der Waals surface area contributed by atoms with E-state index in [1.165, 1.54) is 22.3 Å². The number of para-hydroxylation sites is 1. The van der Waals surface area contributed by atoms with Gasteiger partial charge in [0.1, 0.15) is 16.7 Å². The topological polar surface area (TPSA) is 42.4 Å². The van der Waals surface area contributed by atoms with Gasteiger partial charge in [-0.15, -0.1) is 0 Å². The molecule has 0 atom stereocenters. The van der Waals surface area contributed by atoms with E-state index in [2.05, 4.69) is 122 Å². The third-order valence-corrected chi connectivity index (χ3v) is 10.1. The molecule has 2 heterocycles. The normalized spacial score (nSPS) is 13.4. The number of nitrogens with zero attached hydrogens (tertiary/aromatic N) is 2. The van der Waals surface area contributed by atoms with Gasteiger partial charge in [0.15, 0.2) is 5.58 Å². The number of rotatable bonds is 4. The zero-order valence-corrected chi connectivity index (χ0v) is 26.6. The maximum Gasteiger partial charge on any atom is 0.227 e. The maximum atomic E-state index is 6.48. The summed E-state index contributed by atoms with van der Waals surface area (Å²) in [5.41, 5.74) is 12.5. The Balaban J connectivity index is 1.25. The average molecular weight is 619 g/mol. The number of benzene rings is 7. The highest BCUT2D eigenvalue weighted by atomic mass is 16.3. The molecule has 0 spiro atoms. The summed E-state index contributed by atoms with van der Waals surface area (Å²) in [6.07, 6.45) is 0. The van der Waals surface area contributed by atoms with Crippen molar-refractivity contribution in [3.63, 3.8) is 0 Å². The Bertz CT molecular complexity index is 2720. The largest absolute Gasteiger partial charge is 0.456 e. The highest BCUT2D eigenvalue weighted by Gasteiger charge is 2.35. The van der Waals surface area contributed by atoms with Crippen LogP contribution in [0.25, 0.3) is 66.4 Å². The first kappa shape index (κ1) is 27.0. The minimum atomic E-state index is -0.0807. The lowest BCUT2D eigenvalue weighted by Gasteiger charge is -2.28. The summed E-state index contributed by atoms with van der Waals surface area (Å²) in [6.45, 7) is 4.64. The Morgan fingerprint density at radius 3 is 2.06 bits per heavy atom. The van der Waals surface area contributed by atoms with E-state index in [1.54, 1.807) is 0 Å². The number of hydrogen-bond acceptors (Lipinski definition) is 4. The standard InChI is InChI=1S/C44H30N2O2/c1-44(2)36-18-10-8-14-30(36)35-24-28(21-23-37(35)44)46(29-20-22-33-32-16-9-11-19-40(32)47-41(33)25-29)39-26-38-42(34-17-7-6-15-31(34)39)48-43(45-38)27-12-4-3-5-13-27/h3-26H,1-2H3. The highest BCUT2D eigenvalue weighted by molar-refractivity contribution is 6.13. The van der Waals surface area contributed by atoms with Crippen molar-refractivity contribution in [2.24, 2.45) is 0 Å². The van der Waals surface area contributed by atoms with Crippen molar-refractivity contribution in [1.29, 1.82) is 0 Å². The van der Waals surface area contributed by atoms with E-state index in [0.29, 0.717) is 5.89 Å². The minimum Gasteiger partial charge on any atom is -0.456 e. The molecule has 7 aromatic carbocycles. The molecule has 1 aliphatic carbocycles. The molecule has 0 bridgehead atoms. The molecule has 0 aliphatic heterocycles. The van der Waals surface area contributed by atoms with Crippen molar-refractivity contribution >= 4 is 60.9 Å². The van der Waals surface area contributed by atoms with Gasteiger partial charge in [-0.2, -0.15) is 0 Å². The van der Waals surface area contributed by atoms with Crippen LogP contribution in [0.3, 0.4) is 0 Å². The van der Waals surface area contributed by atoms with E-state index in [0.717, 1.165) is 66.4 Å². The van der Waals surface area contributed by atoms with Crippen LogP contribution < -0.4 is 4.90 Å². The molecule has 0 amide bonds. The zero-order valence-electron chi connectivity index (χ0n) is 26.6. The van der Waals surface area contributed by atoms with Crippen LogP contribution in [0.5, 0.6) is 0 Å². The first-order valence-electron chi connectivity index (χ1n) is 16.4. The van der Waals surface area contributed by atoms with Crippen molar-refractivity contribution in [1.82, 2.24) is 4.98 Å². The summed E-state index contributed by atoms with van der Waals surface area (Å²) in [6, 6.07) is 51.2. The van der Waals surface area contributed by atoms with Gasteiger partial charge in [-0.3, -0.25) is 0 Å². The van der Waals surface area contributed by atoms with E-state index in [1.807, 2.05) is 42.5 Å². The number of aromatic nitrogens is 1. The molecule has 0 radical (unpaired) electrons. The van der Waals surface area contributed by atoms with E-state index in [-0.39, 0.29) is 5.41 Å². The summed E-state index contributed by atoms with van der Waals surface area (Å²) >= 11 is 0. The van der Waals surface area contributed by atoms with Crippen molar-refractivity contribution in [2.45, 2.75) is 19.3 Å². The van der Waals surface area contributed by atoms with Crippen molar-refractivity contribution in [2.75, 3.05) is 4.90 Å². The molecule has 228 valence electrons. The predicted molar refractivity (Wildman–Crippen MR) is 196 cm³/mol. The molecule has 2 aromatic heterocycles. The SMILES string of the molecule is CC1(C)c2ccccc2-c2cc(N(c3ccc4c(c3)oc3ccccc34)c3cc4nc(-c5ccccc5)oc4c4ccccc34)ccc21. The van der Waals surface area contributed by atoms with Gasteiger partial charge in [0.05, 0.1) is 5.69 Å². The second-order valence-corrected chi connectivity index (χ2v) is 13.2. The molecule has 4 nitrogen and oxygen atoms in total. The Morgan fingerprint density at radius 1 is 0.521 bits per heavy atom. The van der Waals surface area contributed by atoms with Crippen molar-refractivity contribution < 1.29 is 8.83 Å². The Kier molecular flexibility index (Phi) is 5.59. The second kappa shape index (κ2) is 9.93. The first-order chi connectivity index (χ1) is 23.5. The molecule has 0 saturated heterocycles. The molecule has 0 fully saturated rings. The van der Waals surface area contributed by atoms with Crippen molar-refractivity contribution in [3.8, 4) is 22.6 Å². The molecular weight excluding hydrogens is 588 g/mol. The first-order valence-corrected chi connectivity index (χ1v) is 16.4. The average Bonchev–Trinajstić information content (AvgIpc) is 3.79. The molecule has 10 rings (SSSR count). The van der Waals surface area contributed by atoms with Crippen LogP contribution in [-0.4, -0.2) is 4.98 Å². The lowest BCUT2D eigenvalue weighted by molar-refractivity contribution is 0.623. The Morgan fingerprint density at radius 2 is 1.19 bits per heavy atom. The van der Waals surface area contributed by atoms with Crippen LogP contribution in [0.1, 0.15) is 25.0 Å². The molecule has 0 N–H and O–H groups in total. The van der Waals surface area contributed by atoms with Gasteiger partial charge >= 0.3 is 0 Å². The summed E-state index contributed by atoms with van der Waals surface area (Å²) in [4.78, 5) is 7.38. The Labute approximate surface area is 277 Å². The maximum absolute atomic E-state index is 6.48. The van der Waals surface area contributed by atoms with E-state index >= 15 is 0 Å². The van der Waals surface area contributed by atoms with Crippen LogP contribution in [0.4, 0.5) is 17.1 Å². The van der Waals surface area contributed by atoms with Gasteiger partial charge in [-0.05, 0) is 70.8 Å². The monoisotopic (exact) mass is 618 g/mol. The molecule has 0 saturated carbocycles. The summed E-state index contributed by atoms with van der Waals surface area (Å²) in [7, 11) is 0. The van der Waals surface area contributed by atoms with E-state index < -0.39 is 0 Å². The fourth-order valence-corrected chi connectivity index (χ4v) is 7.75. The number of furan rings is 1. The number of anilines is 3. The van der Waals surface area contributed by atoms with E-state index in [4.69, 9.17) is 13.8 Å². The van der Waals surface area contributed by atoms with Crippen molar-refractivity contribution in [3.05, 3.63) is 157 Å². The lowest BCUT2D eigenvalue weighted by Crippen LogP contribution is -2.15. The van der Waals surface area contributed by atoms with Gasteiger partial charge in [0.25, 0.3) is 0 Å². The van der Waals surface area contributed by atoms with Gasteiger partial charge in [-0.1, -0.05) is 105 Å². The fourth-order valence-electron chi connectivity index (χ4n) is 7.75. The van der Waals surface area contributed by atoms with Gasteiger partial charge in [0.2, 0.25) is 5.89 Å². The molecule has 0 unspecified atom stereocenters. The quantitative estimate of drug-likeness (QED) is 0.197. The van der Waals surface area contributed by atoms with Gasteiger partial charge in [-0.25, -0.2) is 4.98 Å². The lowest BCUT2D eigenvalue weighted by atomic mass is 9.82. The number of oxazole rings is 1. The summed E-state index contributed by atoms with van der Waals surface area (Å²) in [5, 5.41) is 4.31. The Hall–Kier alpha value is -6.13. The van der Waals surface area contributed by atoms with Gasteiger partial charge in [0, 0.05) is 50.0 Å². The zero-order chi connectivity index (χ0) is 32.0. The second-order valence-electron chi connectivity index (χ2n) is 13.2. The summed E-state index contributed by atoms with van der Waals surface area (Å²) in [5.74, 6) is 0.611. The minimum absolute atomic E-state index is 0.0807. The third-order valence-electron chi connectivity index (χ3n) is 10.1. The summed E-state index contributed by atoms with van der Waals surface area (Å²) < 4.78 is 12.9. The predicted octanol–water partition coefficient (Wildman–Crippen LogP) is 12.3. The van der Waals surface area contributed by atoms with Crippen LogP contribution in [-0.2, 0) is 5.41 Å². The molecule has 9 aromatic rings. The molecule has 4 heteroatoms. The smallest absolute Gasteiger partial charge is 0.227 e. The number of fused-ring (bicyclic) bond motifs is 9. The van der Waals surface area contributed by atoms with Crippen LogP contribution in [0.2, 0.25) is 0 Å². The van der Waals surface area contributed by atoms with Gasteiger partial charge < -0.3 is 13.7 Å². The van der Waals surface area contributed by atoms with Crippen LogP contribution in [0, 0.1) is 0 Å². The molecule has 1 aliphatic rings. The molecular formula is C44H30N2O2. The fraction of sp³-hybridized carbons (Fsp3) is 0.0682. The number of hydrogen-bond donors (Lipinski definition) is 0. The van der Waals surface area contributed by atoms with Crippen LogP contribution >= 0.6 is 0 Å². The van der Waals surface area contributed by atoms with Crippen LogP contribution in [0.15, 0.2) is 154 Å².